The van der Waals surface area contributed by atoms with Gasteiger partial charge in [0.05, 0.1) is 0 Å². The molecule has 2 aromatic rings. The lowest BCUT2D eigenvalue weighted by atomic mass is 10.3. The molecule has 1 aromatic heterocycles. The molecule has 2 rings (SSSR count). The molecule has 0 saturated heterocycles. The largest absolute Gasteiger partial charge is 0.486 e. The number of H-pyrrole nitrogens is 1. The van der Waals surface area contributed by atoms with Crippen LogP contribution in [0, 0.1) is 11.6 Å². The molecule has 6 heteroatoms. The molecule has 0 fully saturated rings. The van der Waals surface area contributed by atoms with Crippen LogP contribution in [-0.2, 0) is 13.0 Å². The summed E-state index contributed by atoms with van der Waals surface area (Å²) >= 11 is 0. The van der Waals surface area contributed by atoms with E-state index in [-0.39, 0.29) is 12.4 Å². The number of nitrogens with zero attached hydrogens (tertiary/aromatic N) is 1. The highest BCUT2D eigenvalue weighted by Gasteiger charge is 2.05. The van der Waals surface area contributed by atoms with Crippen LogP contribution in [0.5, 0.6) is 5.75 Å². The van der Waals surface area contributed by atoms with E-state index >= 15 is 0 Å². The van der Waals surface area contributed by atoms with Gasteiger partial charge in [-0.1, -0.05) is 0 Å². The van der Waals surface area contributed by atoms with Crippen LogP contribution in [0.4, 0.5) is 8.78 Å². The Bertz CT molecular complexity index is 528. The maximum Gasteiger partial charge on any atom is 0.162 e. The van der Waals surface area contributed by atoms with E-state index in [0.717, 1.165) is 17.8 Å². The lowest BCUT2D eigenvalue weighted by Gasteiger charge is -2.04. The molecule has 0 spiro atoms. The van der Waals surface area contributed by atoms with Crippen molar-refractivity contribution in [2.24, 2.45) is 5.73 Å². The Morgan fingerprint density at radius 3 is 2.83 bits per heavy atom. The third kappa shape index (κ3) is 3.04. The van der Waals surface area contributed by atoms with Crippen LogP contribution in [0.3, 0.4) is 0 Å². The SMILES string of the molecule is NCCc1cnc(COc2ccc(F)c(F)c2)[nH]1. The first kappa shape index (κ1) is 12.5. The van der Waals surface area contributed by atoms with Gasteiger partial charge in [0, 0.05) is 24.4 Å². The van der Waals surface area contributed by atoms with Gasteiger partial charge in [-0.25, -0.2) is 13.8 Å². The number of aromatic amines is 1. The Morgan fingerprint density at radius 2 is 2.11 bits per heavy atom. The fourth-order valence-electron chi connectivity index (χ4n) is 1.48. The zero-order valence-corrected chi connectivity index (χ0v) is 9.62. The van der Waals surface area contributed by atoms with Gasteiger partial charge in [0.2, 0.25) is 0 Å². The molecule has 0 unspecified atom stereocenters. The van der Waals surface area contributed by atoms with Crippen LogP contribution in [0.1, 0.15) is 11.5 Å². The maximum atomic E-state index is 12.9. The van der Waals surface area contributed by atoms with Crippen molar-refractivity contribution in [1.82, 2.24) is 9.97 Å². The molecular weight excluding hydrogens is 240 g/mol. The van der Waals surface area contributed by atoms with Gasteiger partial charge in [-0.05, 0) is 18.7 Å². The third-order valence-corrected chi connectivity index (χ3v) is 2.36. The number of nitrogens with one attached hydrogen (secondary N) is 1. The minimum absolute atomic E-state index is 0.162. The first-order valence-electron chi connectivity index (χ1n) is 5.49. The quantitative estimate of drug-likeness (QED) is 0.853. The van der Waals surface area contributed by atoms with E-state index in [0.29, 0.717) is 18.8 Å². The molecule has 0 amide bonds. The second kappa shape index (κ2) is 5.59. The predicted molar refractivity (Wildman–Crippen MR) is 62.0 cm³/mol. The molecule has 1 heterocycles. The third-order valence-electron chi connectivity index (χ3n) is 2.36. The van der Waals surface area contributed by atoms with Crippen molar-refractivity contribution < 1.29 is 13.5 Å². The van der Waals surface area contributed by atoms with Crippen molar-refractivity contribution in [3.05, 3.63) is 47.5 Å². The number of aromatic nitrogens is 2. The summed E-state index contributed by atoms with van der Waals surface area (Å²) < 4.78 is 30.9. The normalized spacial score (nSPS) is 10.6. The molecule has 0 radical (unpaired) electrons. The summed E-state index contributed by atoms with van der Waals surface area (Å²) in [6, 6.07) is 3.38. The van der Waals surface area contributed by atoms with Gasteiger partial charge in [-0.2, -0.15) is 0 Å². The fraction of sp³-hybridized carbons (Fsp3) is 0.250. The van der Waals surface area contributed by atoms with E-state index in [1.807, 2.05) is 0 Å². The summed E-state index contributed by atoms with van der Waals surface area (Å²) in [7, 11) is 0. The van der Waals surface area contributed by atoms with Gasteiger partial charge in [0.25, 0.3) is 0 Å². The summed E-state index contributed by atoms with van der Waals surface area (Å²) in [5, 5.41) is 0. The first-order chi connectivity index (χ1) is 8.69. The topological polar surface area (TPSA) is 63.9 Å². The Labute approximate surface area is 103 Å². The molecule has 0 aliphatic carbocycles. The van der Waals surface area contributed by atoms with Crippen molar-refractivity contribution in [3.8, 4) is 5.75 Å². The smallest absolute Gasteiger partial charge is 0.162 e. The highest BCUT2D eigenvalue weighted by molar-refractivity contribution is 5.23. The lowest BCUT2D eigenvalue weighted by molar-refractivity contribution is 0.294. The number of imidazole rings is 1. The van der Waals surface area contributed by atoms with Crippen LogP contribution < -0.4 is 10.5 Å². The van der Waals surface area contributed by atoms with Gasteiger partial charge in [-0.15, -0.1) is 0 Å². The lowest BCUT2D eigenvalue weighted by Crippen LogP contribution is -2.03. The number of ether oxygens (including phenoxy) is 1. The standard InChI is InChI=1S/C12H13F2N3O/c13-10-2-1-9(5-11(10)14)18-7-12-16-6-8(17-12)3-4-15/h1-2,5-6H,3-4,7,15H2,(H,16,17). The first-order valence-corrected chi connectivity index (χ1v) is 5.49. The monoisotopic (exact) mass is 253 g/mol. The van der Waals surface area contributed by atoms with Gasteiger partial charge in [0.15, 0.2) is 11.6 Å². The number of benzene rings is 1. The molecule has 4 nitrogen and oxygen atoms in total. The van der Waals surface area contributed by atoms with Crippen LogP contribution in [-0.4, -0.2) is 16.5 Å². The van der Waals surface area contributed by atoms with E-state index in [2.05, 4.69) is 9.97 Å². The highest BCUT2D eigenvalue weighted by atomic mass is 19.2. The van der Waals surface area contributed by atoms with Crippen LogP contribution in [0.2, 0.25) is 0 Å². The van der Waals surface area contributed by atoms with Gasteiger partial charge >= 0.3 is 0 Å². The second-order valence-electron chi connectivity index (χ2n) is 3.76. The molecule has 1 aromatic carbocycles. The highest BCUT2D eigenvalue weighted by Crippen LogP contribution is 2.16. The van der Waals surface area contributed by atoms with Crippen molar-refractivity contribution in [2.75, 3.05) is 6.54 Å². The molecule has 18 heavy (non-hydrogen) atoms. The van der Waals surface area contributed by atoms with Crippen molar-refractivity contribution in [3.63, 3.8) is 0 Å². The predicted octanol–water partition coefficient (Wildman–Crippen LogP) is 1.77. The fourth-order valence-corrected chi connectivity index (χ4v) is 1.48. The number of nitrogens with two attached hydrogens (primary N) is 1. The Kier molecular flexibility index (Phi) is 3.88. The van der Waals surface area contributed by atoms with Crippen molar-refractivity contribution >= 4 is 0 Å². The van der Waals surface area contributed by atoms with E-state index in [1.165, 1.54) is 6.07 Å². The zero-order valence-electron chi connectivity index (χ0n) is 9.62. The van der Waals surface area contributed by atoms with Crippen molar-refractivity contribution in [2.45, 2.75) is 13.0 Å². The molecule has 96 valence electrons. The van der Waals surface area contributed by atoms with Crippen LogP contribution >= 0.6 is 0 Å². The van der Waals surface area contributed by atoms with E-state index in [4.69, 9.17) is 10.5 Å². The molecule has 0 atom stereocenters. The molecule has 0 saturated carbocycles. The van der Waals surface area contributed by atoms with Gasteiger partial charge in [0.1, 0.15) is 18.2 Å². The van der Waals surface area contributed by atoms with Crippen LogP contribution in [0.25, 0.3) is 0 Å². The Balaban J connectivity index is 1.95. The summed E-state index contributed by atoms with van der Waals surface area (Å²) in [6.45, 7) is 0.696. The summed E-state index contributed by atoms with van der Waals surface area (Å²) in [5.41, 5.74) is 6.33. The summed E-state index contributed by atoms with van der Waals surface area (Å²) in [4.78, 5) is 7.11. The molecule has 3 N–H and O–H groups in total. The van der Waals surface area contributed by atoms with Crippen LogP contribution in [0.15, 0.2) is 24.4 Å². The average Bonchev–Trinajstić information content (AvgIpc) is 2.79. The van der Waals surface area contributed by atoms with E-state index in [1.54, 1.807) is 6.20 Å². The van der Waals surface area contributed by atoms with E-state index < -0.39 is 11.6 Å². The van der Waals surface area contributed by atoms with Gasteiger partial charge < -0.3 is 15.5 Å². The number of hydrogen-bond acceptors (Lipinski definition) is 3. The zero-order chi connectivity index (χ0) is 13.0. The summed E-state index contributed by atoms with van der Waals surface area (Å²) in [5.74, 6) is -0.963. The molecule has 0 aliphatic rings. The second-order valence-corrected chi connectivity index (χ2v) is 3.76. The number of hydrogen-bond donors (Lipinski definition) is 2. The number of halogens is 2. The van der Waals surface area contributed by atoms with E-state index in [9.17, 15) is 8.78 Å². The summed E-state index contributed by atoms with van der Waals surface area (Å²) in [6.07, 6.45) is 2.38. The Morgan fingerprint density at radius 1 is 1.28 bits per heavy atom. The maximum absolute atomic E-state index is 12.9. The molecule has 0 aliphatic heterocycles. The van der Waals surface area contributed by atoms with Gasteiger partial charge in [-0.3, -0.25) is 0 Å². The molecule has 0 bridgehead atoms. The van der Waals surface area contributed by atoms with Crippen molar-refractivity contribution in [1.29, 1.82) is 0 Å². The minimum Gasteiger partial charge on any atom is -0.486 e. The minimum atomic E-state index is -0.934. The number of rotatable bonds is 5. The Hall–Kier alpha value is -1.95. The molecular formula is C12H13F2N3O. The average molecular weight is 253 g/mol.